The van der Waals surface area contributed by atoms with Gasteiger partial charge in [0.2, 0.25) is 5.91 Å². The Kier molecular flexibility index (Phi) is 4.33. The van der Waals surface area contributed by atoms with Gasteiger partial charge in [0, 0.05) is 18.3 Å². The molecule has 114 valence electrons. The molecular formula is C15H21N3O2S. The average Bonchev–Trinajstić information content (AvgIpc) is 3.08. The van der Waals surface area contributed by atoms with Gasteiger partial charge in [0.15, 0.2) is 5.16 Å². The van der Waals surface area contributed by atoms with Gasteiger partial charge in [-0.3, -0.25) is 9.59 Å². The molecule has 6 heteroatoms. The predicted molar refractivity (Wildman–Crippen MR) is 82.1 cm³/mol. The van der Waals surface area contributed by atoms with Crippen molar-refractivity contribution >= 4 is 17.7 Å². The summed E-state index contributed by atoms with van der Waals surface area (Å²) in [5.74, 6) is 2.66. The fourth-order valence-corrected chi connectivity index (χ4v) is 4.53. The Morgan fingerprint density at radius 2 is 2.38 bits per heavy atom. The summed E-state index contributed by atoms with van der Waals surface area (Å²) in [6, 6.07) is 1.61. The molecule has 2 N–H and O–H groups in total. The number of fused-ring (bicyclic) bond motifs is 2. The maximum Gasteiger partial charge on any atom is 0.251 e. The number of carbonyl (C=O) groups excluding carboxylic acids is 1. The van der Waals surface area contributed by atoms with E-state index in [1.807, 2.05) is 0 Å². The summed E-state index contributed by atoms with van der Waals surface area (Å²) >= 11 is 1.26. The molecule has 5 nitrogen and oxygen atoms in total. The van der Waals surface area contributed by atoms with Gasteiger partial charge in [0.1, 0.15) is 0 Å². The molecule has 0 saturated heterocycles. The summed E-state index contributed by atoms with van der Waals surface area (Å²) in [6.45, 7) is 2.12. The van der Waals surface area contributed by atoms with Crippen LogP contribution in [0.4, 0.5) is 0 Å². The molecule has 3 rings (SSSR count). The number of nitrogens with one attached hydrogen (secondary N) is 2. The van der Waals surface area contributed by atoms with Crippen LogP contribution in [0, 0.1) is 17.8 Å². The molecule has 21 heavy (non-hydrogen) atoms. The fourth-order valence-electron chi connectivity index (χ4n) is 3.87. The SMILES string of the molecule is C[C@H](NC(=O)CSc1nccc(=O)[nH]1)[C@@H]1C[C@H]2CC[C@H]1C2. The first-order chi connectivity index (χ1) is 10.1. The second-order valence-corrected chi connectivity index (χ2v) is 7.19. The number of carbonyl (C=O) groups is 1. The average molecular weight is 307 g/mol. The van der Waals surface area contributed by atoms with Gasteiger partial charge >= 0.3 is 0 Å². The minimum Gasteiger partial charge on any atom is -0.353 e. The molecule has 2 aliphatic carbocycles. The lowest BCUT2D eigenvalue weighted by atomic mass is 9.84. The summed E-state index contributed by atoms with van der Waals surface area (Å²) in [5, 5.41) is 3.60. The molecule has 1 aromatic heterocycles. The van der Waals surface area contributed by atoms with E-state index in [0.717, 1.165) is 11.8 Å². The molecule has 4 atom stereocenters. The first-order valence-electron chi connectivity index (χ1n) is 7.59. The van der Waals surface area contributed by atoms with Crippen molar-refractivity contribution in [2.75, 3.05) is 5.75 Å². The van der Waals surface area contributed by atoms with Crippen LogP contribution >= 0.6 is 11.8 Å². The van der Waals surface area contributed by atoms with Gasteiger partial charge in [-0.2, -0.15) is 0 Å². The van der Waals surface area contributed by atoms with Gasteiger partial charge < -0.3 is 10.3 Å². The zero-order valence-electron chi connectivity index (χ0n) is 12.2. The van der Waals surface area contributed by atoms with Gasteiger partial charge in [-0.05, 0) is 43.9 Å². The van der Waals surface area contributed by atoms with Crippen molar-refractivity contribution in [3.63, 3.8) is 0 Å². The van der Waals surface area contributed by atoms with E-state index in [1.165, 1.54) is 49.7 Å². The van der Waals surface area contributed by atoms with Crippen molar-refractivity contribution in [3.05, 3.63) is 22.6 Å². The summed E-state index contributed by atoms with van der Waals surface area (Å²) < 4.78 is 0. The molecule has 2 aliphatic rings. The van der Waals surface area contributed by atoms with Crippen molar-refractivity contribution < 1.29 is 4.79 Å². The van der Waals surface area contributed by atoms with Crippen molar-refractivity contribution in [2.24, 2.45) is 17.8 Å². The topological polar surface area (TPSA) is 74.8 Å². The smallest absolute Gasteiger partial charge is 0.251 e. The van der Waals surface area contributed by atoms with E-state index in [0.29, 0.717) is 11.1 Å². The Labute approximate surface area is 128 Å². The zero-order chi connectivity index (χ0) is 14.8. The third-order valence-electron chi connectivity index (χ3n) is 4.81. The normalized spacial score (nSPS) is 28.5. The van der Waals surface area contributed by atoms with Crippen molar-refractivity contribution in [1.29, 1.82) is 0 Å². The number of hydrogen-bond acceptors (Lipinski definition) is 4. The molecule has 0 aliphatic heterocycles. The lowest BCUT2D eigenvalue weighted by Gasteiger charge is -2.28. The third kappa shape index (κ3) is 3.48. The number of rotatable bonds is 5. The van der Waals surface area contributed by atoms with Crippen LogP contribution in [0.1, 0.15) is 32.6 Å². The van der Waals surface area contributed by atoms with Gasteiger partial charge in [0.05, 0.1) is 5.75 Å². The van der Waals surface area contributed by atoms with Gasteiger partial charge in [-0.15, -0.1) is 0 Å². The van der Waals surface area contributed by atoms with Crippen molar-refractivity contribution in [1.82, 2.24) is 15.3 Å². The maximum absolute atomic E-state index is 12.0. The first-order valence-corrected chi connectivity index (χ1v) is 8.58. The molecule has 1 aromatic rings. The monoisotopic (exact) mass is 307 g/mol. The molecule has 2 fully saturated rings. The zero-order valence-corrected chi connectivity index (χ0v) is 13.0. The fraction of sp³-hybridized carbons (Fsp3) is 0.667. The Morgan fingerprint density at radius 1 is 1.52 bits per heavy atom. The molecule has 0 radical (unpaired) electrons. The number of H-pyrrole nitrogens is 1. The van der Waals surface area contributed by atoms with E-state index in [-0.39, 0.29) is 23.3 Å². The van der Waals surface area contributed by atoms with E-state index in [9.17, 15) is 9.59 Å². The minimum atomic E-state index is -0.191. The largest absolute Gasteiger partial charge is 0.353 e. The lowest BCUT2D eigenvalue weighted by Crippen LogP contribution is -2.40. The quantitative estimate of drug-likeness (QED) is 0.642. The Bertz CT molecular complexity index is 574. The minimum absolute atomic E-state index is 0.0155. The van der Waals surface area contributed by atoms with E-state index in [1.54, 1.807) is 0 Å². The Balaban J connectivity index is 1.47. The maximum atomic E-state index is 12.0. The second kappa shape index (κ2) is 6.22. The highest BCUT2D eigenvalue weighted by molar-refractivity contribution is 7.99. The number of amides is 1. The molecule has 1 heterocycles. The van der Waals surface area contributed by atoms with Crippen LogP contribution in [-0.4, -0.2) is 27.7 Å². The summed E-state index contributed by atoms with van der Waals surface area (Å²) in [4.78, 5) is 29.8. The van der Waals surface area contributed by atoms with Crippen LogP contribution in [0.5, 0.6) is 0 Å². The van der Waals surface area contributed by atoms with Gasteiger partial charge in [0.25, 0.3) is 5.56 Å². The molecule has 2 saturated carbocycles. The predicted octanol–water partition coefficient (Wildman–Crippen LogP) is 1.80. The third-order valence-corrected chi connectivity index (χ3v) is 5.70. The number of nitrogens with zero attached hydrogens (tertiary/aromatic N) is 1. The highest BCUT2D eigenvalue weighted by Gasteiger charge is 2.42. The Morgan fingerprint density at radius 3 is 3.05 bits per heavy atom. The molecule has 0 spiro atoms. The van der Waals surface area contributed by atoms with Crippen LogP contribution in [0.2, 0.25) is 0 Å². The lowest BCUT2D eigenvalue weighted by molar-refractivity contribution is -0.119. The van der Waals surface area contributed by atoms with Gasteiger partial charge in [-0.1, -0.05) is 18.2 Å². The molecular weight excluding hydrogens is 286 g/mol. The highest BCUT2D eigenvalue weighted by atomic mass is 32.2. The highest BCUT2D eigenvalue weighted by Crippen LogP contribution is 2.49. The van der Waals surface area contributed by atoms with Crippen LogP contribution in [0.25, 0.3) is 0 Å². The van der Waals surface area contributed by atoms with E-state index in [2.05, 4.69) is 22.2 Å². The molecule has 1 amide bonds. The number of thioether (sulfide) groups is 1. The van der Waals surface area contributed by atoms with Crippen LogP contribution in [-0.2, 0) is 4.79 Å². The summed E-state index contributed by atoms with van der Waals surface area (Å²) in [7, 11) is 0. The number of aromatic nitrogens is 2. The van der Waals surface area contributed by atoms with E-state index < -0.39 is 0 Å². The standard InChI is InChI=1S/C15H21N3O2S/c1-9(12-7-10-2-3-11(12)6-10)17-14(20)8-21-15-16-5-4-13(19)18-15/h4-5,9-12H,2-3,6-8H2,1H3,(H,17,20)(H,16,18,19)/t9-,10-,11-,12-/m0/s1. The summed E-state index contributed by atoms with van der Waals surface area (Å²) in [5.41, 5.74) is -0.191. The summed E-state index contributed by atoms with van der Waals surface area (Å²) in [6.07, 6.45) is 6.79. The Hall–Kier alpha value is -1.30. The molecule has 0 unspecified atom stereocenters. The van der Waals surface area contributed by atoms with E-state index >= 15 is 0 Å². The number of aromatic amines is 1. The first kappa shape index (κ1) is 14.6. The van der Waals surface area contributed by atoms with Crippen LogP contribution in [0.15, 0.2) is 22.2 Å². The second-order valence-electron chi connectivity index (χ2n) is 6.22. The van der Waals surface area contributed by atoms with Crippen molar-refractivity contribution in [3.8, 4) is 0 Å². The van der Waals surface area contributed by atoms with Gasteiger partial charge in [-0.25, -0.2) is 4.98 Å². The molecule has 0 aromatic carbocycles. The molecule has 2 bridgehead atoms. The van der Waals surface area contributed by atoms with E-state index in [4.69, 9.17) is 0 Å². The van der Waals surface area contributed by atoms with Crippen LogP contribution < -0.4 is 10.9 Å². The van der Waals surface area contributed by atoms with Crippen LogP contribution in [0.3, 0.4) is 0 Å². The van der Waals surface area contributed by atoms with Crippen molar-refractivity contribution in [2.45, 2.75) is 43.8 Å². The number of hydrogen-bond donors (Lipinski definition) is 2.